The summed E-state index contributed by atoms with van der Waals surface area (Å²) in [5.74, 6) is 0.733. The first-order valence-corrected chi connectivity index (χ1v) is 8.95. The van der Waals surface area contributed by atoms with E-state index in [4.69, 9.17) is 0 Å². The summed E-state index contributed by atoms with van der Waals surface area (Å²) in [6, 6.07) is 8.66. The quantitative estimate of drug-likeness (QED) is 0.895. The van der Waals surface area contributed by atoms with Crippen LogP contribution >= 0.6 is 0 Å². The maximum Gasteiger partial charge on any atom is 0.220 e. The van der Waals surface area contributed by atoms with Crippen molar-refractivity contribution in [3.8, 4) is 0 Å². The molecule has 1 aromatic carbocycles. The lowest BCUT2D eigenvalue weighted by atomic mass is 9.82. The van der Waals surface area contributed by atoms with Gasteiger partial charge in [-0.05, 0) is 43.4 Å². The Labute approximate surface area is 139 Å². The first kappa shape index (κ1) is 16.5. The van der Waals surface area contributed by atoms with Crippen molar-refractivity contribution < 1.29 is 4.79 Å². The van der Waals surface area contributed by atoms with Gasteiger partial charge in [0, 0.05) is 45.7 Å². The number of piperazine rings is 1. The standard InChI is InChI=1S/C19H29N3O/c1-21-10-12-22(13-11-21)9-8-20-19(23)15-16-6-7-17-4-2-3-5-18(17)14-16/h2-5,16H,6-15H2,1H3,(H,20,23)/t16-/m0/s1. The van der Waals surface area contributed by atoms with Crippen molar-refractivity contribution in [3.63, 3.8) is 0 Å². The van der Waals surface area contributed by atoms with Gasteiger partial charge in [0.1, 0.15) is 0 Å². The average molecular weight is 315 g/mol. The van der Waals surface area contributed by atoms with E-state index in [-0.39, 0.29) is 5.91 Å². The SMILES string of the molecule is CN1CCN(CCNC(=O)C[C@H]2CCc3ccccc3C2)CC1. The summed E-state index contributed by atoms with van der Waals surface area (Å²) in [5.41, 5.74) is 2.91. The lowest BCUT2D eigenvalue weighted by Gasteiger charge is -2.32. The van der Waals surface area contributed by atoms with Gasteiger partial charge in [0.2, 0.25) is 5.91 Å². The molecule has 1 atom stereocenters. The largest absolute Gasteiger partial charge is 0.355 e. The van der Waals surface area contributed by atoms with E-state index in [1.807, 2.05) is 0 Å². The fraction of sp³-hybridized carbons (Fsp3) is 0.632. The third-order valence-electron chi connectivity index (χ3n) is 5.27. The van der Waals surface area contributed by atoms with E-state index >= 15 is 0 Å². The van der Waals surface area contributed by atoms with E-state index in [1.165, 1.54) is 11.1 Å². The molecular weight excluding hydrogens is 286 g/mol. The summed E-state index contributed by atoms with van der Waals surface area (Å²) in [6.45, 7) is 6.27. The molecule has 1 fully saturated rings. The summed E-state index contributed by atoms with van der Waals surface area (Å²) in [7, 11) is 2.17. The number of carbonyl (C=O) groups excluding carboxylic acids is 1. The van der Waals surface area contributed by atoms with Crippen LogP contribution in [0.1, 0.15) is 24.0 Å². The van der Waals surface area contributed by atoms with Crippen molar-refractivity contribution in [1.82, 2.24) is 15.1 Å². The molecule has 0 radical (unpaired) electrons. The van der Waals surface area contributed by atoms with Crippen LogP contribution < -0.4 is 5.32 Å². The van der Waals surface area contributed by atoms with Gasteiger partial charge in [-0.15, -0.1) is 0 Å². The van der Waals surface area contributed by atoms with Crippen LogP contribution in [0.25, 0.3) is 0 Å². The van der Waals surface area contributed by atoms with E-state index in [0.29, 0.717) is 12.3 Å². The molecule has 0 saturated carbocycles. The van der Waals surface area contributed by atoms with Crippen molar-refractivity contribution in [2.45, 2.75) is 25.7 Å². The minimum absolute atomic E-state index is 0.225. The number of aryl methyl sites for hydroxylation is 1. The molecule has 23 heavy (non-hydrogen) atoms. The predicted molar refractivity (Wildman–Crippen MR) is 93.5 cm³/mol. The average Bonchev–Trinajstić information content (AvgIpc) is 2.56. The first-order chi connectivity index (χ1) is 11.2. The second-order valence-electron chi connectivity index (χ2n) is 7.08. The van der Waals surface area contributed by atoms with Crippen LogP contribution in [-0.4, -0.2) is 62.0 Å². The predicted octanol–water partition coefficient (Wildman–Crippen LogP) is 1.55. The minimum atomic E-state index is 0.225. The summed E-state index contributed by atoms with van der Waals surface area (Å²) >= 11 is 0. The van der Waals surface area contributed by atoms with Crippen LogP contribution in [0.3, 0.4) is 0 Å². The van der Waals surface area contributed by atoms with Gasteiger partial charge in [-0.2, -0.15) is 0 Å². The molecule has 1 saturated heterocycles. The van der Waals surface area contributed by atoms with Crippen molar-refractivity contribution in [1.29, 1.82) is 0 Å². The Hall–Kier alpha value is -1.39. The van der Waals surface area contributed by atoms with Crippen molar-refractivity contribution in [2.24, 2.45) is 5.92 Å². The number of nitrogens with one attached hydrogen (secondary N) is 1. The molecule has 126 valence electrons. The molecular formula is C19H29N3O. The van der Waals surface area contributed by atoms with E-state index in [0.717, 1.165) is 58.5 Å². The highest BCUT2D eigenvalue weighted by atomic mass is 16.1. The molecule has 3 rings (SSSR count). The molecule has 0 unspecified atom stereocenters. The number of benzene rings is 1. The molecule has 1 heterocycles. The number of rotatable bonds is 5. The molecule has 0 spiro atoms. The van der Waals surface area contributed by atoms with Crippen molar-refractivity contribution in [2.75, 3.05) is 46.3 Å². The number of hydrogen-bond acceptors (Lipinski definition) is 3. The highest BCUT2D eigenvalue weighted by Crippen LogP contribution is 2.27. The lowest BCUT2D eigenvalue weighted by molar-refractivity contribution is -0.122. The highest BCUT2D eigenvalue weighted by Gasteiger charge is 2.21. The summed E-state index contributed by atoms with van der Waals surface area (Å²) in [5, 5.41) is 3.12. The van der Waals surface area contributed by atoms with E-state index in [2.05, 4.69) is 46.4 Å². The molecule has 1 amide bonds. The number of hydrogen-bond donors (Lipinski definition) is 1. The molecule has 4 heteroatoms. The van der Waals surface area contributed by atoms with Crippen LogP contribution in [0.4, 0.5) is 0 Å². The molecule has 1 N–H and O–H groups in total. The lowest BCUT2D eigenvalue weighted by Crippen LogP contribution is -2.47. The number of fused-ring (bicyclic) bond motifs is 1. The number of amides is 1. The second kappa shape index (κ2) is 7.93. The molecule has 2 aliphatic rings. The van der Waals surface area contributed by atoms with Gasteiger partial charge in [0.15, 0.2) is 0 Å². The Bertz CT molecular complexity index is 523. The van der Waals surface area contributed by atoms with Gasteiger partial charge in [0.05, 0.1) is 0 Å². The molecule has 4 nitrogen and oxygen atoms in total. The van der Waals surface area contributed by atoms with Crippen LogP contribution in [-0.2, 0) is 17.6 Å². The van der Waals surface area contributed by atoms with Gasteiger partial charge < -0.3 is 10.2 Å². The summed E-state index contributed by atoms with van der Waals surface area (Å²) in [6.07, 6.45) is 4.00. The Kier molecular flexibility index (Phi) is 5.68. The Balaban J connectivity index is 1.35. The van der Waals surface area contributed by atoms with E-state index < -0.39 is 0 Å². The van der Waals surface area contributed by atoms with Gasteiger partial charge in [-0.25, -0.2) is 0 Å². The fourth-order valence-electron chi connectivity index (χ4n) is 3.71. The van der Waals surface area contributed by atoms with Crippen LogP contribution in [0.5, 0.6) is 0 Å². The zero-order valence-electron chi connectivity index (χ0n) is 14.3. The van der Waals surface area contributed by atoms with Crippen LogP contribution in [0.15, 0.2) is 24.3 Å². The zero-order chi connectivity index (χ0) is 16.1. The first-order valence-electron chi connectivity index (χ1n) is 8.95. The number of carbonyl (C=O) groups is 1. The van der Waals surface area contributed by atoms with E-state index in [1.54, 1.807) is 0 Å². The third kappa shape index (κ3) is 4.79. The monoisotopic (exact) mass is 315 g/mol. The summed E-state index contributed by atoms with van der Waals surface area (Å²) < 4.78 is 0. The van der Waals surface area contributed by atoms with Crippen molar-refractivity contribution >= 4 is 5.91 Å². The third-order valence-corrected chi connectivity index (χ3v) is 5.27. The van der Waals surface area contributed by atoms with Crippen LogP contribution in [0.2, 0.25) is 0 Å². The van der Waals surface area contributed by atoms with Gasteiger partial charge in [0.25, 0.3) is 0 Å². The topological polar surface area (TPSA) is 35.6 Å². The zero-order valence-corrected chi connectivity index (χ0v) is 14.3. The van der Waals surface area contributed by atoms with Gasteiger partial charge in [-0.3, -0.25) is 9.69 Å². The highest BCUT2D eigenvalue weighted by molar-refractivity contribution is 5.76. The van der Waals surface area contributed by atoms with E-state index in [9.17, 15) is 4.79 Å². The maximum absolute atomic E-state index is 12.2. The minimum Gasteiger partial charge on any atom is -0.355 e. The number of likely N-dealkylation sites (N-methyl/N-ethyl adjacent to an activating group) is 1. The Morgan fingerprint density at radius 2 is 1.91 bits per heavy atom. The maximum atomic E-state index is 12.2. The Morgan fingerprint density at radius 1 is 1.17 bits per heavy atom. The molecule has 1 aromatic rings. The van der Waals surface area contributed by atoms with Crippen molar-refractivity contribution in [3.05, 3.63) is 35.4 Å². The Morgan fingerprint density at radius 3 is 2.70 bits per heavy atom. The molecule has 0 bridgehead atoms. The number of nitrogens with zero attached hydrogens (tertiary/aromatic N) is 2. The molecule has 1 aliphatic heterocycles. The molecule has 0 aromatic heterocycles. The molecule has 1 aliphatic carbocycles. The normalized spacial score (nSPS) is 22.6. The van der Waals surface area contributed by atoms with Gasteiger partial charge in [-0.1, -0.05) is 24.3 Å². The van der Waals surface area contributed by atoms with Gasteiger partial charge >= 0.3 is 0 Å². The second-order valence-corrected chi connectivity index (χ2v) is 7.08. The van der Waals surface area contributed by atoms with Crippen LogP contribution in [0, 0.1) is 5.92 Å². The summed E-state index contributed by atoms with van der Waals surface area (Å²) in [4.78, 5) is 17.0. The smallest absolute Gasteiger partial charge is 0.220 e. The fourth-order valence-corrected chi connectivity index (χ4v) is 3.71.